The number of hydrogen-bond acceptors (Lipinski definition) is 3. The van der Waals surface area contributed by atoms with Crippen molar-refractivity contribution >= 4 is 11.6 Å². The number of hydrogen-bond donors (Lipinski definition) is 3. The number of nitrogens with two attached hydrogens (primary N) is 1. The van der Waals surface area contributed by atoms with Gasteiger partial charge >= 0.3 is 0 Å². The molecule has 4 nitrogen and oxygen atoms in total. The van der Waals surface area contributed by atoms with Crippen LogP contribution in [0.15, 0.2) is 12.1 Å². The normalized spacial score (nSPS) is 13.1. The van der Waals surface area contributed by atoms with E-state index in [0.717, 1.165) is 12.0 Å². The second kappa shape index (κ2) is 6.27. The monoisotopic (exact) mass is 278 g/mol. The molecule has 4 heteroatoms. The van der Waals surface area contributed by atoms with Gasteiger partial charge in [0.1, 0.15) is 5.75 Å². The Morgan fingerprint density at radius 3 is 2.45 bits per heavy atom. The molecule has 0 heterocycles. The van der Waals surface area contributed by atoms with Gasteiger partial charge in [0, 0.05) is 17.8 Å². The minimum absolute atomic E-state index is 0.0475. The lowest BCUT2D eigenvalue weighted by Crippen LogP contribution is -2.32. The van der Waals surface area contributed by atoms with Crippen molar-refractivity contribution in [3.8, 4) is 5.75 Å². The van der Waals surface area contributed by atoms with Gasteiger partial charge in [0.15, 0.2) is 0 Å². The van der Waals surface area contributed by atoms with Gasteiger partial charge in [-0.25, -0.2) is 0 Å². The molecule has 0 saturated heterocycles. The molecule has 0 aliphatic carbocycles. The van der Waals surface area contributed by atoms with E-state index in [0.29, 0.717) is 17.8 Å². The number of phenolic OH excluding ortho intramolecular Hbond substituents is 1. The van der Waals surface area contributed by atoms with Crippen LogP contribution in [-0.2, 0) is 4.79 Å². The van der Waals surface area contributed by atoms with Crippen molar-refractivity contribution in [1.82, 2.24) is 0 Å². The van der Waals surface area contributed by atoms with Gasteiger partial charge in [0.2, 0.25) is 5.91 Å². The zero-order chi connectivity index (χ0) is 15.5. The molecule has 1 atom stereocenters. The lowest BCUT2D eigenvalue weighted by Gasteiger charge is -2.24. The van der Waals surface area contributed by atoms with Gasteiger partial charge in [-0.05, 0) is 37.3 Å². The maximum absolute atomic E-state index is 12.3. The van der Waals surface area contributed by atoms with E-state index < -0.39 is 0 Å². The lowest BCUT2D eigenvalue weighted by molar-refractivity contribution is -0.120. The fourth-order valence-corrected chi connectivity index (χ4v) is 2.23. The van der Waals surface area contributed by atoms with Gasteiger partial charge in [-0.2, -0.15) is 0 Å². The Bertz CT molecular complexity index is 490. The van der Waals surface area contributed by atoms with E-state index in [-0.39, 0.29) is 23.0 Å². The first-order valence-corrected chi connectivity index (χ1v) is 6.96. The summed E-state index contributed by atoms with van der Waals surface area (Å²) in [6, 6.07) is 3.60. The molecule has 1 aromatic rings. The molecular formula is C16H26N2O2. The van der Waals surface area contributed by atoms with Gasteiger partial charge in [-0.15, -0.1) is 0 Å². The number of aromatic hydroxyl groups is 1. The van der Waals surface area contributed by atoms with Crippen LogP contribution in [0.1, 0.15) is 38.3 Å². The number of carbonyl (C=O) groups is 1. The third-order valence-corrected chi connectivity index (χ3v) is 3.40. The quantitative estimate of drug-likeness (QED) is 0.792. The summed E-state index contributed by atoms with van der Waals surface area (Å²) in [5.41, 5.74) is 7.89. The molecule has 1 unspecified atom stereocenters. The molecule has 112 valence electrons. The predicted molar refractivity (Wildman–Crippen MR) is 82.8 cm³/mol. The summed E-state index contributed by atoms with van der Waals surface area (Å²) in [5.74, 6) is -0.0884. The number of carbonyl (C=O) groups excluding carboxylic acids is 1. The van der Waals surface area contributed by atoms with Crippen LogP contribution in [-0.4, -0.2) is 17.6 Å². The number of anilines is 1. The smallest absolute Gasteiger partial charge is 0.228 e. The van der Waals surface area contributed by atoms with E-state index in [1.54, 1.807) is 13.0 Å². The van der Waals surface area contributed by atoms with E-state index >= 15 is 0 Å². The molecule has 1 aromatic carbocycles. The van der Waals surface area contributed by atoms with Gasteiger partial charge < -0.3 is 16.2 Å². The Morgan fingerprint density at radius 1 is 1.35 bits per heavy atom. The molecule has 1 rings (SSSR count). The number of benzene rings is 1. The summed E-state index contributed by atoms with van der Waals surface area (Å²) in [4.78, 5) is 12.3. The molecule has 0 aliphatic heterocycles. The first-order chi connectivity index (χ1) is 9.15. The van der Waals surface area contributed by atoms with E-state index in [4.69, 9.17) is 5.73 Å². The summed E-state index contributed by atoms with van der Waals surface area (Å²) < 4.78 is 0. The molecule has 0 radical (unpaired) electrons. The Balaban J connectivity index is 2.87. The first kappa shape index (κ1) is 16.5. The minimum Gasteiger partial charge on any atom is -0.507 e. The van der Waals surface area contributed by atoms with Crippen LogP contribution in [0.4, 0.5) is 5.69 Å². The number of amides is 1. The van der Waals surface area contributed by atoms with E-state index in [1.807, 2.05) is 13.0 Å². The van der Waals surface area contributed by atoms with Crippen molar-refractivity contribution in [2.24, 2.45) is 17.1 Å². The fraction of sp³-hybridized carbons (Fsp3) is 0.562. The van der Waals surface area contributed by atoms with Crippen LogP contribution < -0.4 is 11.1 Å². The summed E-state index contributed by atoms with van der Waals surface area (Å²) >= 11 is 0. The summed E-state index contributed by atoms with van der Waals surface area (Å²) in [6.45, 7) is 10.2. The molecule has 0 saturated carbocycles. The molecule has 0 fully saturated rings. The highest BCUT2D eigenvalue weighted by molar-refractivity contribution is 5.93. The summed E-state index contributed by atoms with van der Waals surface area (Å²) in [5, 5.41) is 12.8. The van der Waals surface area contributed by atoms with Crippen molar-refractivity contribution in [2.75, 3.05) is 11.9 Å². The van der Waals surface area contributed by atoms with Gasteiger partial charge in [0.25, 0.3) is 0 Å². The predicted octanol–water partition coefficient (Wildman–Crippen LogP) is 2.96. The SMILES string of the molecule is Cc1ccc(NC(=O)C(CN)CC(C)(C)C)c(C)c1O. The van der Waals surface area contributed by atoms with Crippen molar-refractivity contribution in [2.45, 2.75) is 41.0 Å². The Kier molecular flexibility index (Phi) is 5.17. The van der Waals surface area contributed by atoms with Crippen molar-refractivity contribution in [1.29, 1.82) is 0 Å². The van der Waals surface area contributed by atoms with Crippen LogP contribution in [0.5, 0.6) is 5.75 Å². The number of nitrogens with one attached hydrogen (secondary N) is 1. The molecule has 20 heavy (non-hydrogen) atoms. The third-order valence-electron chi connectivity index (χ3n) is 3.40. The molecule has 0 bridgehead atoms. The zero-order valence-electron chi connectivity index (χ0n) is 13.1. The standard InChI is InChI=1S/C16H26N2O2/c1-10-6-7-13(11(2)14(10)19)18-15(20)12(9-17)8-16(3,4)5/h6-7,12,19H,8-9,17H2,1-5H3,(H,18,20). The third kappa shape index (κ3) is 4.23. The van der Waals surface area contributed by atoms with Gasteiger partial charge in [-0.3, -0.25) is 4.79 Å². The highest BCUT2D eigenvalue weighted by Gasteiger charge is 2.24. The Labute approximate surface area is 121 Å². The summed E-state index contributed by atoms with van der Waals surface area (Å²) in [6.07, 6.45) is 0.728. The Morgan fingerprint density at radius 2 is 1.95 bits per heavy atom. The highest BCUT2D eigenvalue weighted by atomic mass is 16.3. The van der Waals surface area contributed by atoms with Crippen molar-refractivity contribution < 1.29 is 9.90 Å². The second-order valence-corrected chi connectivity index (χ2v) is 6.59. The molecule has 0 spiro atoms. The van der Waals surface area contributed by atoms with Crippen molar-refractivity contribution in [3.05, 3.63) is 23.3 Å². The van der Waals surface area contributed by atoms with Crippen LogP contribution in [0.3, 0.4) is 0 Å². The molecular weight excluding hydrogens is 252 g/mol. The number of phenols is 1. The van der Waals surface area contributed by atoms with Gasteiger partial charge in [-0.1, -0.05) is 26.8 Å². The maximum Gasteiger partial charge on any atom is 0.228 e. The average Bonchev–Trinajstić information content (AvgIpc) is 2.35. The fourth-order valence-electron chi connectivity index (χ4n) is 2.23. The van der Waals surface area contributed by atoms with E-state index in [2.05, 4.69) is 26.1 Å². The lowest BCUT2D eigenvalue weighted by atomic mass is 9.84. The van der Waals surface area contributed by atoms with Crippen LogP contribution in [0.25, 0.3) is 0 Å². The molecule has 0 aliphatic rings. The van der Waals surface area contributed by atoms with E-state index in [9.17, 15) is 9.90 Å². The largest absolute Gasteiger partial charge is 0.507 e. The number of rotatable bonds is 4. The topological polar surface area (TPSA) is 75.4 Å². The highest BCUT2D eigenvalue weighted by Crippen LogP contribution is 2.29. The number of aryl methyl sites for hydroxylation is 1. The maximum atomic E-state index is 12.3. The van der Waals surface area contributed by atoms with Crippen LogP contribution in [0.2, 0.25) is 0 Å². The van der Waals surface area contributed by atoms with Crippen LogP contribution in [0, 0.1) is 25.2 Å². The molecule has 4 N–H and O–H groups in total. The summed E-state index contributed by atoms with van der Waals surface area (Å²) in [7, 11) is 0. The van der Waals surface area contributed by atoms with Crippen molar-refractivity contribution in [3.63, 3.8) is 0 Å². The second-order valence-electron chi connectivity index (χ2n) is 6.59. The molecule has 0 aromatic heterocycles. The first-order valence-electron chi connectivity index (χ1n) is 6.96. The zero-order valence-corrected chi connectivity index (χ0v) is 13.1. The van der Waals surface area contributed by atoms with E-state index in [1.165, 1.54) is 0 Å². The minimum atomic E-state index is -0.224. The van der Waals surface area contributed by atoms with Crippen LogP contribution >= 0.6 is 0 Å². The molecule has 1 amide bonds. The van der Waals surface area contributed by atoms with Gasteiger partial charge in [0.05, 0.1) is 5.92 Å². The Hall–Kier alpha value is -1.55. The average molecular weight is 278 g/mol.